The number of imide groups is 1. The summed E-state index contributed by atoms with van der Waals surface area (Å²) in [4.78, 5) is 47.1. The number of nitrogens with zero attached hydrogens (tertiary/aromatic N) is 1. The summed E-state index contributed by atoms with van der Waals surface area (Å²) >= 11 is 0. The van der Waals surface area contributed by atoms with Crippen LogP contribution in [0, 0.1) is 0 Å². The molecule has 2 amide bonds. The number of carbonyl (C=O) groups is 4. The van der Waals surface area contributed by atoms with Crippen molar-refractivity contribution in [1.82, 2.24) is 4.90 Å². The Morgan fingerprint density at radius 2 is 1.62 bits per heavy atom. The molecule has 26 heavy (non-hydrogen) atoms. The lowest BCUT2D eigenvalue weighted by molar-refractivity contribution is -0.145. The number of esters is 1. The van der Waals surface area contributed by atoms with Crippen molar-refractivity contribution in [2.75, 3.05) is 20.3 Å². The van der Waals surface area contributed by atoms with Crippen LogP contribution in [-0.2, 0) is 28.3 Å². The molecule has 0 N–H and O–H groups in total. The van der Waals surface area contributed by atoms with Crippen molar-refractivity contribution < 1.29 is 28.3 Å². The van der Waals surface area contributed by atoms with Crippen LogP contribution in [0.5, 0.6) is 0 Å². The van der Waals surface area contributed by atoms with Gasteiger partial charge in [-0.05, 0) is 32.0 Å². The molecule has 0 spiro atoms. The second-order valence-electron chi connectivity index (χ2n) is 6.95. The monoisotopic (exact) mass is 383 g/mol. The summed E-state index contributed by atoms with van der Waals surface area (Å²) in [6, 6.07) is 1.05. The zero-order valence-electron chi connectivity index (χ0n) is 15.9. The lowest BCUT2D eigenvalue weighted by Crippen LogP contribution is -2.32. The molecule has 1 aliphatic rings. The summed E-state index contributed by atoms with van der Waals surface area (Å²) in [7, 11) is 0.209. The molecule has 0 radical (unpaired) electrons. The third-order valence-corrected chi connectivity index (χ3v) is 7.00. The SMILES string of the molecule is CO[Si](C)(C)CCCCC(=O)CCCOC(=O)CCN1C(=O)C=CC1=O. The largest absolute Gasteiger partial charge is 0.466 e. The minimum Gasteiger partial charge on any atom is -0.466 e. The highest BCUT2D eigenvalue weighted by molar-refractivity contribution is 6.71. The van der Waals surface area contributed by atoms with E-state index >= 15 is 0 Å². The maximum Gasteiger partial charge on any atom is 0.307 e. The average Bonchev–Trinajstić information content (AvgIpc) is 2.92. The summed E-state index contributed by atoms with van der Waals surface area (Å²) in [5.74, 6) is -1.12. The fraction of sp³-hybridized carbons (Fsp3) is 0.667. The fourth-order valence-electron chi connectivity index (χ4n) is 2.48. The fourth-order valence-corrected chi connectivity index (χ4v) is 3.79. The molecule has 0 aromatic rings. The quantitative estimate of drug-likeness (QED) is 0.210. The summed E-state index contributed by atoms with van der Waals surface area (Å²) in [5.41, 5.74) is 0. The summed E-state index contributed by atoms with van der Waals surface area (Å²) in [6.07, 6.45) is 5.62. The van der Waals surface area contributed by atoms with Gasteiger partial charge in [-0.15, -0.1) is 0 Å². The van der Waals surface area contributed by atoms with Gasteiger partial charge in [0.15, 0.2) is 8.32 Å². The first-order valence-electron chi connectivity index (χ1n) is 9.01. The minimum atomic E-state index is -1.54. The van der Waals surface area contributed by atoms with E-state index in [0.29, 0.717) is 19.3 Å². The number of ketones is 1. The first-order chi connectivity index (χ1) is 12.2. The van der Waals surface area contributed by atoms with Gasteiger partial charge in [0.05, 0.1) is 13.0 Å². The van der Waals surface area contributed by atoms with Crippen LogP contribution in [0.25, 0.3) is 0 Å². The lowest BCUT2D eigenvalue weighted by Gasteiger charge is -2.19. The van der Waals surface area contributed by atoms with Gasteiger partial charge in [0.2, 0.25) is 0 Å². The van der Waals surface area contributed by atoms with Gasteiger partial charge in [-0.3, -0.25) is 24.1 Å². The summed E-state index contributed by atoms with van der Waals surface area (Å²) < 4.78 is 10.5. The molecular formula is C18H29NO6Si. The summed E-state index contributed by atoms with van der Waals surface area (Å²) in [5, 5.41) is 0. The maximum atomic E-state index is 11.8. The number of hydrogen-bond acceptors (Lipinski definition) is 6. The van der Waals surface area contributed by atoms with E-state index in [9.17, 15) is 19.2 Å². The molecule has 0 saturated heterocycles. The lowest BCUT2D eigenvalue weighted by atomic mass is 10.1. The molecule has 146 valence electrons. The van der Waals surface area contributed by atoms with Gasteiger partial charge >= 0.3 is 5.97 Å². The molecule has 7 nitrogen and oxygen atoms in total. The number of unbranched alkanes of at least 4 members (excludes halogenated alkanes) is 1. The molecule has 0 atom stereocenters. The topological polar surface area (TPSA) is 90.0 Å². The van der Waals surface area contributed by atoms with Crippen molar-refractivity contribution in [1.29, 1.82) is 0 Å². The number of Topliss-reactive ketones (excluding diaryl/α,β-unsaturated/α-hetero) is 1. The Morgan fingerprint density at radius 1 is 1.00 bits per heavy atom. The molecule has 0 unspecified atom stereocenters. The van der Waals surface area contributed by atoms with Crippen molar-refractivity contribution in [3.8, 4) is 0 Å². The second-order valence-corrected chi connectivity index (χ2v) is 11.4. The molecular weight excluding hydrogens is 354 g/mol. The third-order valence-electron chi connectivity index (χ3n) is 4.34. The van der Waals surface area contributed by atoms with Gasteiger partial charge in [-0.2, -0.15) is 0 Å². The molecule has 1 heterocycles. The number of hydrogen-bond donors (Lipinski definition) is 0. The Balaban J connectivity index is 2.03. The predicted octanol–water partition coefficient (Wildman–Crippen LogP) is 2.22. The van der Waals surface area contributed by atoms with Crippen LogP contribution in [0.2, 0.25) is 19.1 Å². The average molecular weight is 384 g/mol. The Morgan fingerprint density at radius 3 is 2.23 bits per heavy atom. The molecule has 0 aromatic carbocycles. The van der Waals surface area contributed by atoms with Crippen LogP contribution >= 0.6 is 0 Å². The zero-order valence-corrected chi connectivity index (χ0v) is 16.9. The third kappa shape index (κ3) is 8.53. The zero-order chi connectivity index (χ0) is 19.6. The van der Waals surface area contributed by atoms with Crippen molar-refractivity contribution in [3.63, 3.8) is 0 Å². The van der Waals surface area contributed by atoms with Crippen molar-refractivity contribution in [2.45, 2.75) is 57.7 Å². The highest BCUT2D eigenvalue weighted by atomic mass is 28.4. The van der Waals surface area contributed by atoms with E-state index in [1.807, 2.05) is 0 Å². The molecule has 1 aliphatic heterocycles. The van der Waals surface area contributed by atoms with E-state index in [4.69, 9.17) is 9.16 Å². The van der Waals surface area contributed by atoms with Crippen molar-refractivity contribution in [2.24, 2.45) is 0 Å². The second kappa shape index (κ2) is 11.0. The van der Waals surface area contributed by atoms with Crippen LogP contribution in [0.15, 0.2) is 12.2 Å². The number of carbonyl (C=O) groups excluding carboxylic acids is 4. The van der Waals surface area contributed by atoms with Gasteiger partial charge in [0.1, 0.15) is 5.78 Å². The molecule has 0 aliphatic carbocycles. The van der Waals surface area contributed by atoms with Gasteiger partial charge in [0.25, 0.3) is 11.8 Å². The van der Waals surface area contributed by atoms with E-state index in [2.05, 4.69) is 13.1 Å². The summed E-state index contributed by atoms with van der Waals surface area (Å²) in [6.45, 7) is 4.52. The van der Waals surface area contributed by atoms with Crippen molar-refractivity contribution >= 4 is 31.9 Å². The van der Waals surface area contributed by atoms with E-state index < -0.39 is 26.1 Å². The number of amides is 2. The van der Waals surface area contributed by atoms with E-state index in [-0.39, 0.29) is 25.4 Å². The normalized spacial score (nSPS) is 14.2. The highest BCUT2D eigenvalue weighted by Crippen LogP contribution is 2.15. The van der Waals surface area contributed by atoms with Crippen LogP contribution in [0.3, 0.4) is 0 Å². The number of rotatable bonds is 13. The Kier molecular flexibility index (Phi) is 9.43. The van der Waals surface area contributed by atoms with Crippen molar-refractivity contribution in [3.05, 3.63) is 12.2 Å². The smallest absolute Gasteiger partial charge is 0.307 e. The van der Waals surface area contributed by atoms with Crippen LogP contribution in [-0.4, -0.2) is 57.0 Å². The van der Waals surface area contributed by atoms with Gasteiger partial charge < -0.3 is 9.16 Å². The molecule has 0 aromatic heterocycles. The molecule has 0 saturated carbocycles. The molecule has 0 bridgehead atoms. The predicted molar refractivity (Wildman–Crippen MR) is 98.8 cm³/mol. The maximum absolute atomic E-state index is 11.8. The Bertz CT molecular complexity index is 540. The molecule has 1 rings (SSSR count). The van der Waals surface area contributed by atoms with Gasteiger partial charge in [-0.1, -0.05) is 6.42 Å². The van der Waals surface area contributed by atoms with E-state index in [1.165, 1.54) is 12.2 Å². The Labute approximate surface area is 155 Å². The van der Waals surface area contributed by atoms with Crippen LogP contribution in [0.4, 0.5) is 0 Å². The molecule has 8 heteroatoms. The first-order valence-corrected chi connectivity index (χ1v) is 12.1. The standard InChI is InChI=1S/C18H29NO6Si/c1-24-26(2,3)14-5-4-7-15(20)8-6-13-25-18(23)11-12-19-16(21)9-10-17(19)22/h9-10H,4-8,11-14H2,1-3H3. The van der Waals surface area contributed by atoms with E-state index in [0.717, 1.165) is 23.8 Å². The Hall–Kier alpha value is -1.80. The van der Waals surface area contributed by atoms with Crippen LogP contribution < -0.4 is 0 Å². The van der Waals surface area contributed by atoms with Gasteiger partial charge in [-0.25, -0.2) is 0 Å². The minimum absolute atomic E-state index is 0.0174. The molecule has 0 fully saturated rings. The first kappa shape index (κ1) is 22.2. The van der Waals surface area contributed by atoms with E-state index in [1.54, 1.807) is 7.11 Å². The number of ether oxygens (including phenoxy) is 1. The highest BCUT2D eigenvalue weighted by Gasteiger charge is 2.23. The van der Waals surface area contributed by atoms with Crippen LogP contribution in [0.1, 0.15) is 38.5 Å². The van der Waals surface area contributed by atoms with Gasteiger partial charge in [0, 0.05) is 38.6 Å².